The minimum Gasteiger partial charge on any atom is -0.258 e. The number of aromatic nitrogens is 3. The van der Waals surface area contributed by atoms with Crippen molar-refractivity contribution in [3.63, 3.8) is 0 Å². The fourth-order valence-corrected chi connectivity index (χ4v) is 1.41. The SMILES string of the molecule is O=[N+]([O-])c1cccc(C=Cc2ncnc(Cl)n2)c1. The van der Waals surface area contributed by atoms with Crippen LogP contribution in [-0.4, -0.2) is 19.9 Å². The molecule has 0 saturated carbocycles. The molecule has 0 saturated heterocycles. The average Bonchev–Trinajstić information content (AvgIpc) is 2.37. The highest BCUT2D eigenvalue weighted by molar-refractivity contribution is 6.28. The van der Waals surface area contributed by atoms with Crippen LogP contribution < -0.4 is 0 Å². The first-order valence-electron chi connectivity index (χ1n) is 4.92. The third-order valence-corrected chi connectivity index (χ3v) is 2.25. The van der Waals surface area contributed by atoms with Crippen molar-refractivity contribution in [2.45, 2.75) is 0 Å². The number of hydrogen-bond acceptors (Lipinski definition) is 5. The third-order valence-electron chi connectivity index (χ3n) is 2.07. The van der Waals surface area contributed by atoms with E-state index < -0.39 is 4.92 Å². The molecule has 2 rings (SSSR count). The molecule has 0 radical (unpaired) electrons. The summed E-state index contributed by atoms with van der Waals surface area (Å²) in [6.45, 7) is 0. The van der Waals surface area contributed by atoms with Gasteiger partial charge in [0.2, 0.25) is 5.28 Å². The largest absolute Gasteiger partial charge is 0.270 e. The van der Waals surface area contributed by atoms with Gasteiger partial charge in [-0.1, -0.05) is 18.2 Å². The van der Waals surface area contributed by atoms with Crippen LogP contribution in [-0.2, 0) is 0 Å². The molecule has 6 nitrogen and oxygen atoms in total. The summed E-state index contributed by atoms with van der Waals surface area (Å²) >= 11 is 5.61. The van der Waals surface area contributed by atoms with Gasteiger partial charge < -0.3 is 0 Å². The van der Waals surface area contributed by atoms with Crippen LogP contribution in [0.25, 0.3) is 12.2 Å². The van der Waals surface area contributed by atoms with E-state index in [1.54, 1.807) is 24.3 Å². The molecular weight excluding hydrogens is 256 g/mol. The van der Waals surface area contributed by atoms with E-state index in [4.69, 9.17) is 11.6 Å². The Morgan fingerprint density at radius 1 is 1.28 bits per heavy atom. The van der Waals surface area contributed by atoms with E-state index in [2.05, 4.69) is 15.0 Å². The van der Waals surface area contributed by atoms with Crippen LogP contribution in [0, 0.1) is 10.1 Å². The van der Waals surface area contributed by atoms with Gasteiger partial charge in [0.05, 0.1) is 4.92 Å². The Labute approximate surface area is 107 Å². The number of halogens is 1. The summed E-state index contributed by atoms with van der Waals surface area (Å²) in [5.41, 5.74) is 0.714. The zero-order valence-electron chi connectivity index (χ0n) is 9.02. The smallest absolute Gasteiger partial charge is 0.258 e. The Morgan fingerprint density at radius 2 is 2.11 bits per heavy atom. The maximum atomic E-state index is 10.6. The van der Waals surface area contributed by atoms with E-state index in [1.165, 1.54) is 18.5 Å². The maximum absolute atomic E-state index is 10.6. The van der Waals surface area contributed by atoms with E-state index in [-0.39, 0.29) is 11.0 Å². The van der Waals surface area contributed by atoms with Gasteiger partial charge in [-0.3, -0.25) is 10.1 Å². The standard InChI is InChI=1S/C11H7ClN4O2/c12-11-14-7-13-10(15-11)5-4-8-2-1-3-9(6-8)16(17)18/h1-7H. The Hall–Kier alpha value is -2.34. The molecular formula is C11H7ClN4O2. The number of hydrogen-bond donors (Lipinski definition) is 0. The summed E-state index contributed by atoms with van der Waals surface area (Å²) in [5.74, 6) is 0.390. The third kappa shape index (κ3) is 3.08. The number of non-ortho nitro benzene ring substituents is 1. The molecule has 0 fully saturated rings. The first-order valence-corrected chi connectivity index (χ1v) is 5.30. The molecule has 0 aliphatic carbocycles. The van der Waals surface area contributed by atoms with Gasteiger partial charge in [0, 0.05) is 12.1 Å². The summed E-state index contributed by atoms with van der Waals surface area (Å²) in [4.78, 5) is 21.6. The summed E-state index contributed by atoms with van der Waals surface area (Å²) in [5, 5.41) is 10.7. The fourth-order valence-electron chi connectivity index (χ4n) is 1.28. The lowest BCUT2D eigenvalue weighted by Gasteiger charge is -1.94. The van der Waals surface area contributed by atoms with Gasteiger partial charge in [-0.15, -0.1) is 0 Å². The van der Waals surface area contributed by atoms with Crippen LogP contribution >= 0.6 is 11.6 Å². The molecule has 1 heterocycles. The van der Waals surface area contributed by atoms with Crippen molar-refractivity contribution in [1.82, 2.24) is 15.0 Å². The molecule has 90 valence electrons. The van der Waals surface area contributed by atoms with E-state index in [1.807, 2.05) is 0 Å². The van der Waals surface area contributed by atoms with Gasteiger partial charge in [0.15, 0.2) is 5.82 Å². The predicted molar refractivity (Wildman–Crippen MR) is 66.9 cm³/mol. The predicted octanol–water partition coefficient (Wildman–Crippen LogP) is 2.60. The molecule has 0 aliphatic rings. The van der Waals surface area contributed by atoms with Crippen molar-refractivity contribution in [1.29, 1.82) is 0 Å². The molecule has 0 atom stereocenters. The lowest BCUT2D eigenvalue weighted by Crippen LogP contribution is -1.90. The summed E-state index contributed by atoms with van der Waals surface area (Å²) in [7, 11) is 0. The van der Waals surface area contributed by atoms with Crippen LogP contribution in [0.15, 0.2) is 30.6 Å². The molecule has 0 N–H and O–H groups in total. The van der Waals surface area contributed by atoms with Crippen molar-refractivity contribution in [2.75, 3.05) is 0 Å². The monoisotopic (exact) mass is 262 g/mol. The summed E-state index contributed by atoms with van der Waals surface area (Å²) in [6.07, 6.45) is 4.56. The molecule has 0 spiro atoms. The van der Waals surface area contributed by atoms with Gasteiger partial charge in [-0.25, -0.2) is 9.97 Å². The topological polar surface area (TPSA) is 81.8 Å². The van der Waals surface area contributed by atoms with Crippen molar-refractivity contribution in [3.05, 3.63) is 57.4 Å². The molecule has 0 amide bonds. The zero-order valence-corrected chi connectivity index (χ0v) is 9.78. The second-order valence-electron chi connectivity index (χ2n) is 3.30. The number of nitrogens with zero attached hydrogens (tertiary/aromatic N) is 4. The van der Waals surface area contributed by atoms with E-state index in [0.29, 0.717) is 11.4 Å². The Kier molecular flexibility index (Phi) is 3.59. The minimum atomic E-state index is -0.447. The molecule has 0 aliphatic heterocycles. The maximum Gasteiger partial charge on any atom is 0.270 e. The normalized spacial score (nSPS) is 10.7. The van der Waals surface area contributed by atoms with Crippen molar-refractivity contribution >= 4 is 29.4 Å². The summed E-state index contributed by atoms with van der Waals surface area (Å²) in [6, 6.07) is 6.24. The number of nitro groups is 1. The van der Waals surface area contributed by atoms with Gasteiger partial charge in [0.25, 0.3) is 5.69 Å². The second kappa shape index (κ2) is 5.33. The number of nitro benzene ring substituents is 1. The molecule has 0 bridgehead atoms. The van der Waals surface area contributed by atoms with Gasteiger partial charge in [0.1, 0.15) is 6.33 Å². The lowest BCUT2D eigenvalue weighted by atomic mass is 10.2. The molecule has 18 heavy (non-hydrogen) atoms. The van der Waals surface area contributed by atoms with Crippen molar-refractivity contribution in [3.8, 4) is 0 Å². The molecule has 1 aromatic carbocycles. The first kappa shape index (κ1) is 12.1. The lowest BCUT2D eigenvalue weighted by molar-refractivity contribution is -0.384. The van der Waals surface area contributed by atoms with Crippen molar-refractivity contribution in [2.24, 2.45) is 0 Å². The molecule has 2 aromatic rings. The zero-order chi connectivity index (χ0) is 13.0. The number of rotatable bonds is 3. The van der Waals surface area contributed by atoms with Crippen LogP contribution in [0.4, 0.5) is 5.69 Å². The Balaban J connectivity index is 2.23. The Bertz CT molecular complexity index is 615. The van der Waals surface area contributed by atoms with Crippen LogP contribution in [0.3, 0.4) is 0 Å². The summed E-state index contributed by atoms with van der Waals surface area (Å²) < 4.78 is 0. The van der Waals surface area contributed by atoms with Crippen LogP contribution in [0.5, 0.6) is 0 Å². The van der Waals surface area contributed by atoms with E-state index in [9.17, 15) is 10.1 Å². The van der Waals surface area contributed by atoms with Crippen LogP contribution in [0.1, 0.15) is 11.4 Å². The second-order valence-corrected chi connectivity index (χ2v) is 3.64. The molecule has 0 unspecified atom stereocenters. The minimum absolute atomic E-state index is 0.0332. The average molecular weight is 263 g/mol. The first-order chi connectivity index (χ1) is 8.65. The molecule has 1 aromatic heterocycles. The number of benzene rings is 1. The highest BCUT2D eigenvalue weighted by atomic mass is 35.5. The van der Waals surface area contributed by atoms with Gasteiger partial charge >= 0.3 is 0 Å². The van der Waals surface area contributed by atoms with E-state index >= 15 is 0 Å². The van der Waals surface area contributed by atoms with Gasteiger partial charge in [-0.05, 0) is 23.2 Å². The van der Waals surface area contributed by atoms with Gasteiger partial charge in [-0.2, -0.15) is 4.98 Å². The highest BCUT2D eigenvalue weighted by Gasteiger charge is 2.03. The highest BCUT2D eigenvalue weighted by Crippen LogP contribution is 2.14. The van der Waals surface area contributed by atoms with E-state index in [0.717, 1.165) is 0 Å². The van der Waals surface area contributed by atoms with Crippen LogP contribution in [0.2, 0.25) is 5.28 Å². The molecule has 7 heteroatoms. The fraction of sp³-hybridized carbons (Fsp3) is 0. The van der Waals surface area contributed by atoms with Crippen molar-refractivity contribution < 1.29 is 4.92 Å². The Morgan fingerprint density at radius 3 is 2.83 bits per heavy atom. The quantitative estimate of drug-likeness (QED) is 0.627.